The predicted octanol–water partition coefficient (Wildman–Crippen LogP) is 2.33. The normalized spacial score (nSPS) is 12.1. The average Bonchev–Trinajstić information content (AvgIpc) is 2.41. The molecule has 1 atom stereocenters. The van der Waals surface area contributed by atoms with Crippen LogP contribution in [0.1, 0.15) is 15.9 Å². The Morgan fingerprint density at radius 1 is 1.20 bits per heavy atom. The molecule has 0 heterocycles. The minimum absolute atomic E-state index is 0.155. The Morgan fingerprint density at radius 2 is 1.90 bits per heavy atom. The van der Waals surface area contributed by atoms with E-state index in [1.54, 1.807) is 42.5 Å². The highest BCUT2D eigenvalue weighted by atomic mass is 35.5. The average molecular weight is 309 g/mol. The highest BCUT2D eigenvalue weighted by Crippen LogP contribution is 2.25. The van der Waals surface area contributed by atoms with Gasteiger partial charge in [0, 0.05) is 11.3 Å². The van der Waals surface area contributed by atoms with Crippen molar-refractivity contribution in [2.75, 3.05) is 5.73 Å². The standard InChI is InChI=1S/C14H13ClN2O2S/c15-12-6-5-10(16)7-13(12)20(19)8-9-3-1-2-4-11(9)14(17)18/h1-7H,8,16H2,(H2,17,18). The molecule has 2 aromatic carbocycles. The van der Waals surface area contributed by atoms with Crippen molar-refractivity contribution in [3.8, 4) is 0 Å². The third-order valence-corrected chi connectivity index (χ3v) is 4.61. The Kier molecular flexibility index (Phi) is 4.42. The smallest absolute Gasteiger partial charge is 0.249 e. The second-order valence-corrected chi connectivity index (χ2v) is 6.03. The van der Waals surface area contributed by atoms with Crippen LogP contribution in [0.5, 0.6) is 0 Å². The molecule has 2 rings (SSSR count). The minimum Gasteiger partial charge on any atom is -0.399 e. The predicted molar refractivity (Wildman–Crippen MR) is 80.9 cm³/mol. The summed E-state index contributed by atoms with van der Waals surface area (Å²) in [5.41, 5.74) is 12.4. The zero-order chi connectivity index (χ0) is 14.7. The summed E-state index contributed by atoms with van der Waals surface area (Å²) in [5.74, 6) is -0.390. The molecule has 0 bridgehead atoms. The molecule has 0 saturated heterocycles. The van der Waals surface area contributed by atoms with Crippen molar-refractivity contribution in [3.05, 3.63) is 58.6 Å². The van der Waals surface area contributed by atoms with Gasteiger partial charge < -0.3 is 11.5 Å². The Bertz CT molecular complexity index is 689. The molecule has 0 aliphatic carbocycles. The fourth-order valence-electron chi connectivity index (χ4n) is 1.80. The van der Waals surface area contributed by atoms with Crippen LogP contribution in [0.4, 0.5) is 5.69 Å². The molecule has 104 valence electrons. The van der Waals surface area contributed by atoms with Crippen LogP contribution < -0.4 is 11.5 Å². The first-order valence-electron chi connectivity index (χ1n) is 5.80. The molecule has 6 heteroatoms. The monoisotopic (exact) mass is 308 g/mol. The van der Waals surface area contributed by atoms with Gasteiger partial charge in [0.1, 0.15) is 0 Å². The molecule has 20 heavy (non-hydrogen) atoms. The zero-order valence-corrected chi connectivity index (χ0v) is 12.1. The van der Waals surface area contributed by atoms with E-state index in [1.165, 1.54) is 0 Å². The summed E-state index contributed by atoms with van der Waals surface area (Å²) in [6.07, 6.45) is 0. The number of hydrogen-bond acceptors (Lipinski definition) is 3. The number of carbonyl (C=O) groups excluding carboxylic acids is 1. The summed E-state index contributed by atoms with van der Waals surface area (Å²) in [5, 5.41) is 0.383. The Balaban J connectivity index is 2.33. The number of halogens is 1. The van der Waals surface area contributed by atoms with Crippen LogP contribution in [0.2, 0.25) is 5.02 Å². The lowest BCUT2D eigenvalue weighted by atomic mass is 10.1. The number of primary amides is 1. The maximum atomic E-state index is 12.4. The van der Waals surface area contributed by atoms with Crippen LogP contribution in [-0.4, -0.2) is 10.1 Å². The van der Waals surface area contributed by atoms with Gasteiger partial charge in [0.15, 0.2) is 0 Å². The zero-order valence-electron chi connectivity index (χ0n) is 10.5. The topological polar surface area (TPSA) is 86.2 Å². The second kappa shape index (κ2) is 6.07. The first-order valence-corrected chi connectivity index (χ1v) is 7.50. The lowest BCUT2D eigenvalue weighted by molar-refractivity contribution is 0.0999. The van der Waals surface area contributed by atoms with E-state index < -0.39 is 16.7 Å². The molecular formula is C14H13ClN2O2S. The number of hydrogen-bond donors (Lipinski definition) is 2. The number of amides is 1. The van der Waals surface area contributed by atoms with Crippen LogP contribution in [-0.2, 0) is 16.6 Å². The number of benzene rings is 2. The van der Waals surface area contributed by atoms with Crippen molar-refractivity contribution < 1.29 is 9.00 Å². The van der Waals surface area contributed by atoms with E-state index in [0.29, 0.717) is 26.7 Å². The molecule has 0 spiro atoms. The van der Waals surface area contributed by atoms with Crippen LogP contribution in [0.3, 0.4) is 0 Å². The van der Waals surface area contributed by atoms with Crippen molar-refractivity contribution in [2.45, 2.75) is 10.6 Å². The third kappa shape index (κ3) is 3.18. The van der Waals surface area contributed by atoms with E-state index >= 15 is 0 Å². The van der Waals surface area contributed by atoms with E-state index in [4.69, 9.17) is 23.1 Å². The summed E-state index contributed by atoms with van der Waals surface area (Å²) in [7, 11) is -1.40. The van der Waals surface area contributed by atoms with Crippen molar-refractivity contribution in [3.63, 3.8) is 0 Å². The molecule has 1 amide bonds. The van der Waals surface area contributed by atoms with Gasteiger partial charge in [-0.3, -0.25) is 9.00 Å². The van der Waals surface area contributed by atoms with Gasteiger partial charge in [-0.05, 0) is 29.8 Å². The van der Waals surface area contributed by atoms with E-state index in [-0.39, 0.29) is 5.75 Å². The summed E-state index contributed by atoms with van der Waals surface area (Å²) in [4.78, 5) is 11.8. The molecule has 0 aromatic heterocycles. The third-order valence-electron chi connectivity index (χ3n) is 2.77. The van der Waals surface area contributed by atoms with Gasteiger partial charge in [0.2, 0.25) is 5.91 Å². The first kappa shape index (κ1) is 14.6. The van der Waals surface area contributed by atoms with Gasteiger partial charge >= 0.3 is 0 Å². The summed E-state index contributed by atoms with van der Waals surface area (Å²) in [6.45, 7) is 0. The minimum atomic E-state index is -1.40. The largest absolute Gasteiger partial charge is 0.399 e. The van der Waals surface area contributed by atoms with Gasteiger partial charge in [0.05, 0.1) is 26.5 Å². The van der Waals surface area contributed by atoms with Crippen molar-refractivity contribution in [1.82, 2.24) is 0 Å². The molecule has 0 fully saturated rings. The molecule has 4 N–H and O–H groups in total. The van der Waals surface area contributed by atoms with Crippen LogP contribution in [0.15, 0.2) is 47.4 Å². The van der Waals surface area contributed by atoms with E-state index in [1.807, 2.05) is 0 Å². The number of nitrogen functional groups attached to an aromatic ring is 1. The molecule has 0 radical (unpaired) electrons. The fraction of sp³-hybridized carbons (Fsp3) is 0.0714. The number of nitrogens with two attached hydrogens (primary N) is 2. The molecule has 0 aliphatic rings. The van der Waals surface area contributed by atoms with E-state index in [9.17, 15) is 9.00 Å². The molecule has 4 nitrogen and oxygen atoms in total. The Labute approximate surface area is 124 Å². The van der Waals surface area contributed by atoms with Crippen molar-refractivity contribution >= 4 is 34.0 Å². The summed E-state index contributed by atoms with van der Waals surface area (Å²) < 4.78 is 12.4. The van der Waals surface area contributed by atoms with Crippen LogP contribution in [0.25, 0.3) is 0 Å². The van der Waals surface area contributed by atoms with E-state index in [2.05, 4.69) is 0 Å². The van der Waals surface area contributed by atoms with Crippen LogP contribution >= 0.6 is 11.6 Å². The number of carbonyl (C=O) groups is 1. The Hall–Kier alpha value is -1.85. The molecule has 0 aliphatic heterocycles. The molecule has 0 saturated carbocycles. The molecular weight excluding hydrogens is 296 g/mol. The van der Waals surface area contributed by atoms with Gasteiger partial charge in [-0.15, -0.1) is 0 Å². The highest BCUT2D eigenvalue weighted by molar-refractivity contribution is 7.84. The quantitative estimate of drug-likeness (QED) is 0.850. The lowest BCUT2D eigenvalue weighted by Crippen LogP contribution is -2.14. The van der Waals surface area contributed by atoms with Gasteiger partial charge in [-0.2, -0.15) is 0 Å². The van der Waals surface area contributed by atoms with Gasteiger partial charge in [-0.25, -0.2) is 0 Å². The number of rotatable bonds is 4. The maximum absolute atomic E-state index is 12.4. The van der Waals surface area contributed by atoms with Crippen molar-refractivity contribution in [1.29, 1.82) is 0 Å². The summed E-state index contributed by atoms with van der Waals surface area (Å²) in [6, 6.07) is 11.6. The van der Waals surface area contributed by atoms with Gasteiger partial charge in [-0.1, -0.05) is 29.8 Å². The number of anilines is 1. The highest BCUT2D eigenvalue weighted by Gasteiger charge is 2.14. The molecule has 2 aromatic rings. The lowest BCUT2D eigenvalue weighted by Gasteiger charge is -2.08. The Morgan fingerprint density at radius 3 is 2.60 bits per heavy atom. The maximum Gasteiger partial charge on any atom is 0.249 e. The van der Waals surface area contributed by atoms with Crippen molar-refractivity contribution in [2.24, 2.45) is 5.73 Å². The summed E-state index contributed by atoms with van der Waals surface area (Å²) >= 11 is 6.02. The fourth-order valence-corrected chi connectivity index (χ4v) is 3.42. The second-order valence-electron chi connectivity index (χ2n) is 4.20. The van der Waals surface area contributed by atoms with Crippen LogP contribution in [0, 0.1) is 0 Å². The SMILES string of the molecule is NC(=O)c1ccccc1CS(=O)c1cc(N)ccc1Cl. The van der Waals surface area contributed by atoms with Gasteiger partial charge in [0.25, 0.3) is 0 Å². The van der Waals surface area contributed by atoms with E-state index in [0.717, 1.165) is 0 Å². The first-order chi connectivity index (χ1) is 9.49. The molecule has 1 unspecified atom stereocenters.